The molecular formula is C28H29NO5. The van der Waals surface area contributed by atoms with E-state index >= 15 is 0 Å². The van der Waals surface area contributed by atoms with E-state index in [-0.39, 0.29) is 17.5 Å². The Morgan fingerprint density at radius 3 is 2.62 bits per heavy atom. The summed E-state index contributed by atoms with van der Waals surface area (Å²) < 4.78 is 11.1. The zero-order chi connectivity index (χ0) is 23.8. The third-order valence-electron chi connectivity index (χ3n) is 6.15. The van der Waals surface area contributed by atoms with Crippen LogP contribution in [0.4, 0.5) is 0 Å². The standard InChI is InChI=1S/C28H29NO5/c30-24-9-4-10-27(31)26(14-12-24)29-19-23-18-21(11-13-25(23)28(29)32)8-5-15-33-16-17-34-20-22-6-2-1-3-7-22/h1-3,6-7,11,13,18,26H,4,9-10,12,14-17,19-20H2. The summed E-state index contributed by atoms with van der Waals surface area (Å²) in [6, 6.07) is 15.0. The highest BCUT2D eigenvalue weighted by atomic mass is 16.5. The molecule has 1 heterocycles. The van der Waals surface area contributed by atoms with Gasteiger partial charge in [0.1, 0.15) is 12.4 Å². The lowest BCUT2D eigenvalue weighted by Crippen LogP contribution is -2.42. The van der Waals surface area contributed by atoms with Gasteiger partial charge in [-0.2, -0.15) is 0 Å². The van der Waals surface area contributed by atoms with Crippen molar-refractivity contribution in [2.24, 2.45) is 0 Å². The number of hydrogen-bond donors (Lipinski definition) is 0. The van der Waals surface area contributed by atoms with E-state index in [4.69, 9.17) is 9.47 Å². The molecule has 1 saturated carbocycles. The monoisotopic (exact) mass is 459 g/mol. The van der Waals surface area contributed by atoms with E-state index in [0.29, 0.717) is 70.6 Å². The minimum Gasteiger partial charge on any atom is -0.374 e. The van der Waals surface area contributed by atoms with Crippen LogP contribution in [0, 0.1) is 11.8 Å². The number of fused-ring (bicyclic) bond motifs is 1. The Morgan fingerprint density at radius 1 is 0.941 bits per heavy atom. The summed E-state index contributed by atoms with van der Waals surface area (Å²) in [5.74, 6) is 6.16. The maximum absolute atomic E-state index is 12.9. The number of nitrogens with zero attached hydrogens (tertiary/aromatic N) is 1. The molecular weight excluding hydrogens is 430 g/mol. The molecule has 2 aromatic rings. The highest BCUT2D eigenvalue weighted by molar-refractivity contribution is 6.01. The first kappa shape index (κ1) is 23.9. The highest BCUT2D eigenvalue weighted by Gasteiger charge is 2.36. The van der Waals surface area contributed by atoms with Crippen molar-refractivity contribution in [1.29, 1.82) is 0 Å². The van der Waals surface area contributed by atoms with Crippen LogP contribution in [0.15, 0.2) is 48.5 Å². The fourth-order valence-corrected chi connectivity index (χ4v) is 4.36. The van der Waals surface area contributed by atoms with Gasteiger partial charge in [0.2, 0.25) is 0 Å². The van der Waals surface area contributed by atoms with Crippen LogP contribution in [0.1, 0.15) is 59.2 Å². The predicted molar refractivity (Wildman–Crippen MR) is 127 cm³/mol. The van der Waals surface area contributed by atoms with Gasteiger partial charge in [-0.1, -0.05) is 42.2 Å². The van der Waals surface area contributed by atoms with Gasteiger partial charge in [0.05, 0.1) is 25.9 Å². The molecule has 1 unspecified atom stereocenters. The van der Waals surface area contributed by atoms with Crippen LogP contribution in [0.2, 0.25) is 0 Å². The smallest absolute Gasteiger partial charge is 0.255 e. The number of carbonyl (C=O) groups excluding carboxylic acids is 3. The van der Waals surface area contributed by atoms with Crippen molar-refractivity contribution in [3.63, 3.8) is 0 Å². The van der Waals surface area contributed by atoms with Crippen molar-refractivity contribution in [3.05, 3.63) is 70.8 Å². The van der Waals surface area contributed by atoms with Crippen molar-refractivity contribution >= 4 is 17.5 Å². The summed E-state index contributed by atoms with van der Waals surface area (Å²) in [6.07, 6.45) is 2.15. The topological polar surface area (TPSA) is 72.9 Å². The minimum atomic E-state index is -0.517. The van der Waals surface area contributed by atoms with Gasteiger partial charge in [-0.05, 0) is 42.2 Å². The molecule has 1 aliphatic carbocycles. The van der Waals surface area contributed by atoms with Crippen LogP contribution in [-0.2, 0) is 32.2 Å². The molecule has 6 heteroatoms. The molecule has 6 nitrogen and oxygen atoms in total. The lowest BCUT2D eigenvalue weighted by atomic mass is 9.94. The molecule has 0 bridgehead atoms. The Bertz CT molecular complexity index is 1100. The van der Waals surface area contributed by atoms with Crippen molar-refractivity contribution in [1.82, 2.24) is 4.90 Å². The van der Waals surface area contributed by atoms with Crippen molar-refractivity contribution in [3.8, 4) is 11.8 Å². The van der Waals surface area contributed by atoms with Crippen molar-refractivity contribution in [2.75, 3.05) is 19.8 Å². The van der Waals surface area contributed by atoms with Gasteiger partial charge in [0, 0.05) is 36.9 Å². The molecule has 1 aliphatic heterocycles. The number of benzene rings is 2. The summed E-state index contributed by atoms with van der Waals surface area (Å²) in [6.45, 7) is 2.19. The molecule has 0 N–H and O–H groups in total. The number of ether oxygens (including phenoxy) is 2. The van der Waals surface area contributed by atoms with Crippen LogP contribution in [0.3, 0.4) is 0 Å². The van der Waals surface area contributed by atoms with Gasteiger partial charge in [-0.25, -0.2) is 0 Å². The lowest BCUT2D eigenvalue weighted by Gasteiger charge is -2.27. The minimum absolute atomic E-state index is 0.0542. The van der Waals surface area contributed by atoms with Gasteiger partial charge < -0.3 is 14.4 Å². The number of hydrogen-bond acceptors (Lipinski definition) is 5. The van der Waals surface area contributed by atoms with E-state index in [2.05, 4.69) is 11.8 Å². The molecule has 1 fully saturated rings. The zero-order valence-electron chi connectivity index (χ0n) is 19.3. The lowest BCUT2D eigenvalue weighted by molar-refractivity contribution is -0.126. The van der Waals surface area contributed by atoms with Crippen LogP contribution in [0.5, 0.6) is 0 Å². The SMILES string of the molecule is O=C1CCCC(=O)C(N2Cc3cc(C#CCOCCOCc4ccccc4)ccc3C2=O)CC1. The molecule has 1 amide bonds. The second-order valence-corrected chi connectivity index (χ2v) is 8.61. The molecule has 0 aromatic heterocycles. The number of carbonyl (C=O) groups is 3. The quantitative estimate of drug-likeness (QED) is 0.466. The molecule has 4 rings (SSSR count). The number of ketones is 2. The molecule has 0 spiro atoms. The molecule has 2 aliphatic rings. The third kappa shape index (κ3) is 6.19. The Balaban J connectivity index is 1.26. The number of rotatable bonds is 7. The first-order valence-electron chi connectivity index (χ1n) is 11.8. The Morgan fingerprint density at radius 2 is 1.76 bits per heavy atom. The van der Waals surface area contributed by atoms with Crippen LogP contribution in [0.25, 0.3) is 0 Å². The summed E-state index contributed by atoms with van der Waals surface area (Å²) in [5.41, 5.74) is 3.41. The average molecular weight is 460 g/mol. The number of amides is 1. The second kappa shape index (κ2) is 11.7. The van der Waals surface area contributed by atoms with E-state index in [1.165, 1.54) is 0 Å². The fraction of sp³-hybridized carbons (Fsp3) is 0.393. The summed E-state index contributed by atoms with van der Waals surface area (Å²) in [5, 5.41) is 0. The highest BCUT2D eigenvalue weighted by Crippen LogP contribution is 2.29. The van der Waals surface area contributed by atoms with Gasteiger partial charge in [-0.15, -0.1) is 0 Å². The molecule has 176 valence electrons. The van der Waals surface area contributed by atoms with E-state index in [1.54, 1.807) is 11.0 Å². The molecule has 0 radical (unpaired) electrons. The van der Waals surface area contributed by atoms with Crippen LogP contribution < -0.4 is 0 Å². The van der Waals surface area contributed by atoms with E-state index < -0.39 is 6.04 Å². The summed E-state index contributed by atoms with van der Waals surface area (Å²) in [7, 11) is 0. The van der Waals surface area contributed by atoms with Gasteiger partial charge in [0.25, 0.3) is 5.91 Å². The summed E-state index contributed by atoms with van der Waals surface area (Å²) >= 11 is 0. The Kier molecular flexibility index (Phi) is 8.24. The normalized spacial score (nSPS) is 18.2. The average Bonchev–Trinajstić information content (AvgIpc) is 3.16. The van der Waals surface area contributed by atoms with Crippen LogP contribution >= 0.6 is 0 Å². The predicted octanol–water partition coefficient (Wildman–Crippen LogP) is 3.70. The largest absolute Gasteiger partial charge is 0.374 e. The maximum Gasteiger partial charge on any atom is 0.255 e. The molecule has 2 aromatic carbocycles. The number of Topliss-reactive ketones (excluding diaryl/α,β-unsaturated/α-hetero) is 2. The van der Waals surface area contributed by atoms with Crippen molar-refractivity contribution in [2.45, 2.75) is 51.3 Å². The van der Waals surface area contributed by atoms with Gasteiger partial charge in [-0.3, -0.25) is 14.4 Å². The third-order valence-corrected chi connectivity index (χ3v) is 6.15. The Labute approximate surface area is 200 Å². The van der Waals surface area contributed by atoms with E-state index in [9.17, 15) is 14.4 Å². The summed E-state index contributed by atoms with van der Waals surface area (Å²) in [4.78, 5) is 39.0. The van der Waals surface area contributed by atoms with Gasteiger partial charge >= 0.3 is 0 Å². The van der Waals surface area contributed by atoms with Gasteiger partial charge in [0.15, 0.2) is 5.78 Å². The zero-order valence-corrected chi connectivity index (χ0v) is 19.3. The molecule has 34 heavy (non-hydrogen) atoms. The molecule has 1 atom stereocenters. The second-order valence-electron chi connectivity index (χ2n) is 8.61. The van der Waals surface area contributed by atoms with Crippen molar-refractivity contribution < 1.29 is 23.9 Å². The molecule has 0 saturated heterocycles. The first-order chi connectivity index (χ1) is 16.6. The maximum atomic E-state index is 12.9. The Hall–Kier alpha value is -3.27. The van der Waals surface area contributed by atoms with Crippen LogP contribution in [-0.4, -0.2) is 48.2 Å². The van der Waals surface area contributed by atoms with E-state index in [1.807, 2.05) is 42.5 Å². The van der Waals surface area contributed by atoms with E-state index in [0.717, 1.165) is 16.7 Å². The first-order valence-corrected chi connectivity index (χ1v) is 11.8. The fourth-order valence-electron chi connectivity index (χ4n) is 4.36.